The van der Waals surface area contributed by atoms with Gasteiger partial charge in [-0.2, -0.15) is 0 Å². The van der Waals surface area contributed by atoms with E-state index in [1.807, 2.05) is 23.6 Å². The van der Waals surface area contributed by atoms with Crippen molar-refractivity contribution in [2.24, 2.45) is 0 Å². The second-order valence-electron chi connectivity index (χ2n) is 4.51. The minimum atomic E-state index is -0.0502. The molecule has 2 heterocycles. The molecule has 2 aromatic rings. The summed E-state index contributed by atoms with van der Waals surface area (Å²) in [6.45, 7) is 1.57. The maximum atomic E-state index is 11.8. The summed E-state index contributed by atoms with van der Waals surface area (Å²) in [7, 11) is 1.69. The van der Waals surface area contributed by atoms with Gasteiger partial charge in [0.15, 0.2) is 0 Å². The zero-order valence-corrected chi connectivity index (χ0v) is 12.8. The van der Waals surface area contributed by atoms with Crippen LogP contribution in [0.5, 0.6) is 0 Å². The molecule has 2 N–H and O–H groups in total. The summed E-state index contributed by atoms with van der Waals surface area (Å²) in [5.41, 5.74) is 0.933. The Balaban J connectivity index is 1.77. The summed E-state index contributed by atoms with van der Waals surface area (Å²) in [4.78, 5) is 17.1. The first-order valence-corrected chi connectivity index (χ1v) is 7.67. The van der Waals surface area contributed by atoms with Crippen LogP contribution in [0, 0.1) is 0 Å². The number of ether oxygens (including phenoxy) is 1. The molecule has 0 unspecified atom stereocenters. The van der Waals surface area contributed by atoms with Crippen LogP contribution in [0.25, 0.3) is 0 Å². The quantitative estimate of drug-likeness (QED) is 0.736. The smallest absolute Gasteiger partial charge is 0.230 e. The predicted molar refractivity (Wildman–Crippen MR) is 85.9 cm³/mol. The van der Waals surface area contributed by atoms with Gasteiger partial charge < -0.3 is 15.4 Å². The molecule has 6 heteroatoms. The normalized spacial score (nSPS) is 10.3. The number of aromatic nitrogens is 1. The largest absolute Gasteiger partial charge is 0.385 e. The molecule has 21 heavy (non-hydrogen) atoms. The van der Waals surface area contributed by atoms with Crippen LogP contribution in [0.1, 0.15) is 11.3 Å². The van der Waals surface area contributed by atoms with Crippen LogP contribution in [0.15, 0.2) is 35.8 Å². The SMILES string of the molecule is COCCCNc1ccc(NC(=O)Cc2cccs2)nc1. The van der Waals surface area contributed by atoms with Crippen molar-refractivity contribution in [3.05, 3.63) is 40.7 Å². The summed E-state index contributed by atoms with van der Waals surface area (Å²) in [5.74, 6) is 0.518. The topological polar surface area (TPSA) is 63.2 Å². The number of carbonyl (C=O) groups is 1. The molecule has 0 aromatic carbocycles. The number of methoxy groups -OCH3 is 1. The Bertz CT molecular complexity index is 541. The van der Waals surface area contributed by atoms with Crippen molar-refractivity contribution < 1.29 is 9.53 Å². The number of nitrogens with zero attached hydrogens (tertiary/aromatic N) is 1. The van der Waals surface area contributed by atoms with Gasteiger partial charge in [-0.25, -0.2) is 4.98 Å². The second-order valence-corrected chi connectivity index (χ2v) is 5.54. The van der Waals surface area contributed by atoms with E-state index in [4.69, 9.17) is 4.74 Å². The third-order valence-corrected chi connectivity index (χ3v) is 3.68. The average molecular weight is 305 g/mol. The van der Waals surface area contributed by atoms with Crippen LogP contribution < -0.4 is 10.6 Å². The van der Waals surface area contributed by atoms with Gasteiger partial charge in [0.25, 0.3) is 0 Å². The van der Waals surface area contributed by atoms with Crippen molar-refractivity contribution in [3.63, 3.8) is 0 Å². The van der Waals surface area contributed by atoms with Crippen LogP contribution >= 0.6 is 11.3 Å². The van der Waals surface area contributed by atoms with E-state index < -0.39 is 0 Å². The van der Waals surface area contributed by atoms with Crippen LogP contribution in [0.4, 0.5) is 11.5 Å². The van der Waals surface area contributed by atoms with E-state index in [1.165, 1.54) is 0 Å². The molecule has 0 fully saturated rings. The molecule has 0 atom stereocenters. The predicted octanol–water partition coefficient (Wildman–Crippen LogP) is 2.77. The lowest BCUT2D eigenvalue weighted by molar-refractivity contribution is -0.115. The molecular weight excluding hydrogens is 286 g/mol. The number of amides is 1. The highest BCUT2D eigenvalue weighted by Crippen LogP contribution is 2.12. The Morgan fingerprint density at radius 2 is 2.29 bits per heavy atom. The Labute approximate surface area is 128 Å². The first kappa shape index (κ1) is 15.5. The lowest BCUT2D eigenvalue weighted by Crippen LogP contribution is -2.14. The van der Waals surface area contributed by atoms with E-state index in [1.54, 1.807) is 30.7 Å². The third-order valence-electron chi connectivity index (χ3n) is 2.80. The van der Waals surface area contributed by atoms with E-state index >= 15 is 0 Å². The van der Waals surface area contributed by atoms with E-state index in [-0.39, 0.29) is 5.91 Å². The van der Waals surface area contributed by atoms with Gasteiger partial charge in [0.1, 0.15) is 5.82 Å². The minimum absolute atomic E-state index is 0.0502. The summed E-state index contributed by atoms with van der Waals surface area (Å²) in [6, 6.07) is 7.59. The number of rotatable bonds is 8. The molecule has 112 valence electrons. The first-order valence-electron chi connectivity index (χ1n) is 6.79. The molecule has 5 nitrogen and oxygen atoms in total. The van der Waals surface area contributed by atoms with Gasteiger partial charge in [-0.15, -0.1) is 11.3 Å². The van der Waals surface area contributed by atoms with E-state index in [0.717, 1.165) is 30.1 Å². The van der Waals surface area contributed by atoms with Crippen molar-refractivity contribution in [1.29, 1.82) is 0 Å². The number of anilines is 2. The van der Waals surface area contributed by atoms with Crippen molar-refractivity contribution >= 4 is 28.7 Å². The fraction of sp³-hybridized carbons (Fsp3) is 0.333. The maximum Gasteiger partial charge on any atom is 0.230 e. The van der Waals surface area contributed by atoms with Crippen LogP contribution in [0.3, 0.4) is 0 Å². The molecule has 0 saturated heterocycles. The zero-order valence-electron chi connectivity index (χ0n) is 12.0. The maximum absolute atomic E-state index is 11.8. The summed E-state index contributed by atoms with van der Waals surface area (Å²) in [6.07, 6.45) is 3.04. The molecule has 0 saturated carbocycles. The van der Waals surface area contributed by atoms with Gasteiger partial charge in [0, 0.05) is 25.1 Å². The summed E-state index contributed by atoms with van der Waals surface area (Å²) >= 11 is 1.58. The molecule has 0 aliphatic rings. The molecular formula is C15H19N3O2S. The molecule has 0 spiro atoms. The molecule has 0 radical (unpaired) electrons. The standard InChI is InChI=1S/C15H19N3O2S/c1-20-8-3-7-16-12-5-6-14(17-11-12)18-15(19)10-13-4-2-9-21-13/h2,4-6,9,11,16H,3,7-8,10H2,1H3,(H,17,18,19). The van der Waals surface area contributed by atoms with Gasteiger partial charge >= 0.3 is 0 Å². The molecule has 2 aromatic heterocycles. The van der Waals surface area contributed by atoms with Gasteiger partial charge in [0.2, 0.25) is 5.91 Å². The van der Waals surface area contributed by atoms with Crippen LogP contribution in [-0.4, -0.2) is 31.2 Å². The molecule has 0 aliphatic heterocycles. The van der Waals surface area contributed by atoms with Crippen molar-refractivity contribution in [3.8, 4) is 0 Å². The fourth-order valence-electron chi connectivity index (χ4n) is 1.78. The molecule has 0 aliphatic carbocycles. The Morgan fingerprint density at radius 1 is 1.38 bits per heavy atom. The van der Waals surface area contributed by atoms with Crippen LogP contribution in [0.2, 0.25) is 0 Å². The lowest BCUT2D eigenvalue weighted by Gasteiger charge is -2.07. The fourth-order valence-corrected chi connectivity index (χ4v) is 2.48. The second kappa shape index (κ2) is 8.39. The number of thiophene rings is 1. The summed E-state index contributed by atoms with van der Waals surface area (Å²) in [5, 5.41) is 8.00. The van der Waals surface area contributed by atoms with E-state index in [2.05, 4.69) is 15.6 Å². The highest BCUT2D eigenvalue weighted by Gasteiger charge is 2.05. The van der Waals surface area contributed by atoms with Gasteiger partial charge in [-0.1, -0.05) is 6.07 Å². The number of carbonyl (C=O) groups excluding carboxylic acids is 1. The van der Waals surface area contributed by atoms with Gasteiger partial charge in [-0.05, 0) is 30.0 Å². The average Bonchev–Trinajstić information content (AvgIpc) is 2.98. The molecule has 2 rings (SSSR count). The van der Waals surface area contributed by atoms with E-state index in [0.29, 0.717) is 12.2 Å². The van der Waals surface area contributed by atoms with Gasteiger partial charge in [-0.3, -0.25) is 4.79 Å². The van der Waals surface area contributed by atoms with Crippen molar-refractivity contribution in [2.75, 3.05) is 30.9 Å². The van der Waals surface area contributed by atoms with Crippen molar-refractivity contribution in [2.45, 2.75) is 12.8 Å². The first-order chi connectivity index (χ1) is 10.3. The van der Waals surface area contributed by atoms with Gasteiger partial charge in [0.05, 0.1) is 18.3 Å². The summed E-state index contributed by atoms with van der Waals surface area (Å²) < 4.78 is 4.98. The Morgan fingerprint density at radius 3 is 2.95 bits per heavy atom. The highest BCUT2D eigenvalue weighted by atomic mass is 32.1. The lowest BCUT2D eigenvalue weighted by atomic mass is 10.3. The van der Waals surface area contributed by atoms with Crippen molar-refractivity contribution in [1.82, 2.24) is 4.98 Å². The molecule has 1 amide bonds. The zero-order chi connectivity index (χ0) is 14.9. The Hall–Kier alpha value is -1.92. The number of pyridine rings is 1. The number of nitrogens with one attached hydrogen (secondary N) is 2. The number of hydrogen-bond donors (Lipinski definition) is 2. The number of hydrogen-bond acceptors (Lipinski definition) is 5. The third kappa shape index (κ3) is 5.53. The van der Waals surface area contributed by atoms with E-state index in [9.17, 15) is 4.79 Å². The van der Waals surface area contributed by atoms with Crippen LogP contribution in [-0.2, 0) is 16.0 Å². The monoisotopic (exact) mass is 305 g/mol. The highest BCUT2D eigenvalue weighted by molar-refractivity contribution is 7.10. The minimum Gasteiger partial charge on any atom is -0.385 e. The molecule has 0 bridgehead atoms. The Kier molecular flexibility index (Phi) is 6.18.